The molecular weight excluding hydrogens is 164 g/mol. The van der Waals surface area contributed by atoms with Gasteiger partial charge in [-0.1, -0.05) is 32.6 Å². The molecule has 0 unspecified atom stereocenters. The fourth-order valence-corrected chi connectivity index (χ4v) is 1.42. The van der Waals surface area contributed by atoms with Crippen LogP contribution in [0.15, 0.2) is 0 Å². The molecular formula is C11H20O2. The molecule has 0 rings (SSSR count). The number of rotatable bonds is 8. The smallest absolute Gasteiger partial charge is 0.130 e. The Morgan fingerprint density at radius 3 is 2.46 bits per heavy atom. The van der Waals surface area contributed by atoms with Gasteiger partial charge in [0.05, 0.1) is 0 Å². The van der Waals surface area contributed by atoms with Crippen molar-refractivity contribution in [1.29, 1.82) is 0 Å². The number of carbonyl (C=O) groups excluding carboxylic acids is 2. The third-order valence-electron chi connectivity index (χ3n) is 2.17. The maximum atomic E-state index is 10.7. The van der Waals surface area contributed by atoms with Gasteiger partial charge in [-0.3, -0.25) is 0 Å². The second-order valence-electron chi connectivity index (χ2n) is 3.65. The van der Waals surface area contributed by atoms with Gasteiger partial charge in [-0.2, -0.15) is 0 Å². The van der Waals surface area contributed by atoms with Crippen molar-refractivity contribution in [3.63, 3.8) is 0 Å². The summed E-state index contributed by atoms with van der Waals surface area (Å²) < 4.78 is 0. The predicted molar refractivity (Wildman–Crippen MR) is 53.6 cm³/mol. The third kappa shape index (κ3) is 7.69. The quantitative estimate of drug-likeness (QED) is 0.429. The maximum absolute atomic E-state index is 10.7. The number of hydrogen-bond acceptors (Lipinski definition) is 2. The van der Waals surface area contributed by atoms with E-state index < -0.39 is 0 Å². The van der Waals surface area contributed by atoms with Crippen LogP contribution in [-0.4, -0.2) is 12.1 Å². The zero-order valence-corrected chi connectivity index (χ0v) is 8.71. The van der Waals surface area contributed by atoms with Crippen LogP contribution in [0, 0.1) is 5.92 Å². The van der Waals surface area contributed by atoms with Crippen molar-refractivity contribution in [2.24, 2.45) is 5.92 Å². The molecule has 13 heavy (non-hydrogen) atoms. The van der Waals surface area contributed by atoms with Crippen LogP contribution in [0.5, 0.6) is 0 Å². The molecule has 0 aromatic heterocycles. The van der Waals surface area contributed by atoms with Gasteiger partial charge in [0.1, 0.15) is 12.1 Å². The van der Waals surface area contributed by atoms with Crippen molar-refractivity contribution in [3.8, 4) is 0 Å². The molecule has 0 saturated heterocycles. The molecule has 0 radical (unpaired) electrons. The molecule has 0 heterocycles. The Kier molecular flexibility index (Phi) is 7.56. The second kappa shape index (κ2) is 7.96. The van der Waals surface area contributed by atoms with Crippen LogP contribution in [0.3, 0.4) is 0 Å². The molecule has 76 valence electrons. The lowest BCUT2D eigenvalue weighted by Gasteiger charge is -2.06. The average Bonchev–Trinajstić information content (AvgIpc) is 2.09. The van der Waals surface area contributed by atoms with Gasteiger partial charge in [-0.15, -0.1) is 0 Å². The maximum Gasteiger partial charge on any atom is 0.130 e. The Hall–Kier alpha value is -0.660. The van der Waals surface area contributed by atoms with E-state index in [0.717, 1.165) is 19.1 Å². The minimum atomic E-state index is -0.0330. The zero-order chi connectivity index (χ0) is 10.1. The van der Waals surface area contributed by atoms with E-state index in [9.17, 15) is 9.59 Å². The fourth-order valence-electron chi connectivity index (χ4n) is 1.42. The van der Waals surface area contributed by atoms with Gasteiger partial charge < -0.3 is 9.59 Å². The number of unbranched alkanes of at least 4 members (excludes halogenated alkanes) is 3. The molecule has 2 nitrogen and oxygen atoms in total. The van der Waals surface area contributed by atoms with Crippen molar-refractivity contribution in [3.05, 3.63) is 0 Å². The van der Waals surface area contributed by atoms with Gasteiger partial charge in [0.2, 0.25) is 0 Å². The lowest BCUT2D eigenvalue weighted by molar-refractivity contribution is -0.121. The van der Waals surface area contributed by atoms with Crippen LogP contribution >= 0.6 is 0 Å². The van der Waals surface area contributed by atoms with E-state index in [1.165, 1.54) is 19.3 Å². The van der Waals surface area contributed by atoms with E-state index in [1.54, 1.807) is 6.92 Å². The van der Waals surface area contributed by atoms with Crippen molar-refractivity contribution < 1.29 is 9.59 Å². The van der Waals surface area contributed by atoms with Gasteiger partial charge in [0.25, 0.3) is 0 Å². The molecule has 0 saturated carbocycles. The molecule has 1 atom stereocenters. The summed E-state index contributed by atoms with van der Waals surface area (Å²) in [5, 5.41) is 0. The van der Waals surface area contributed by atoms with E-state index in [1.807, 2.05) is 0 Å². The summed E-state index contributed by atoms with van der Waals surface area (Å²) in [5.41, 5.74) is 0. The summed E-state index contributed by atoms with van der Waals surface area (Å²) in [6.45, 7) is 3.70. The highest BCUT2D eigenvalue weighted by molar-refractivity contribution is 5.78. The summed E-state index contributed by atoms with van der Waals surface area (Å²) in [4.78, 5) is 21.3. The highest BCUT2D eigenvalue weighted by Gasteiger charge is 2.08. The summed E-state index contributed by atoms with van der Waals surface area (Å²) in [6.07, 6.45) is 6.92. The Balaban J connectivity index is 3.48. The van der Waals surface area contributed by atoms with Crippen LogP contribution in [0.4, 0.5) is 0 Å². The highest BCUT2D eigenvalue weighted by Crippen LogP contribution is 2.12. The number of aldehydes is 1. The average molecular weight is 184 g/mol. The van der Waals surface area contributed by atoms with Crippen LogP contribution in [0.25, 0.3) is 0 Å². The fraction of sp³-hybridized carbons (Fsp3) is 0.818. The Labute approximate surface area is 80.7 Å². The van der Waals surface area contributed by atoms with Gasteiger partial charge in [0, 0.05) is 12.3 Å². The van der Waals surface area contributed by atoms with E-state index >= 15 is 0 Å². The number of hydrogen-bond donors (Lipinski definition) is 0. The van der Waals surface area contributed by atoms with Crippen LogP contribution in [0.2, 0.25) is 0 Å². The van der Waals surface area contributed by atoms with E-state index in [4.69, 9.17) is 0 Å². The largest absolute Gasteiger partial charge is 0.303 e. The van der Waals surface area contributed by atoms with E-state index in [-0.39, 0.29) is 11.7 Å². The van der Waals surface area contributed by atoms with Crippen LogP contribution in [0.1, 0.15) is 52.4 Å². The Bertz CT molecular complexity index is 152. The molecule has 0 amide bonds. The lowest BCUT2D eigenvalue weighted by atomic mass is 9.97. The molecule has 0 aliphatic carbocycles. The van der Waals surface area contributed by atoms with E-state index in [2.05, 4.69) is 6.92 Å². The minimum absolute atomic E-state index is 0.0330. The molecule has 0 aromatic rings. The first kappa shape index (κ1) is 12.3. The van der Waals surface area contributed by atoms with Gasteiger partial charge in [-0.05, 0) is 13.3 Å². The molecule has 0 N–H and O–H groups in total. The first-order valence-corrected chi connectivity index (χ1v) is 5.15. The van der Waals surface area contributed by atoms with E-state index in [0.29, 0.717) is 6.42 Å². The van der Waals surface area contributed by atoms with Crippen LogP contribution < -0.4 is 0 Å². The van der Waals surface area contributed by atoms with Crippen molar-refractivity contribution in [2.75, 3.05) is 0 Å². The topological polar surface area (TPSA) is 34.1 Å². The Morgan fingerprint density at radius 1 is 1.31 bits per heavy atom. The first-order chi connectivity index (χ1) is 6.20. The normalized spacial score (nSPS) is 12.5. The minimum Gasteiger partial charge on any atom is -0.303 e. The summed E-state index contributed by atoms with van der Waals surface area (Å²) in [6, 6.07) is 0. The molecule has 0 aliphatic rings. The molecule has 0 aromatic carbocycles. The first-order valence-electron chi connectivity index (χ1n) is 5.15. The molecule has 0 bridgehead atoms. The van der Waals surface area contributed by atoms with Gasteiger partial charge in [-0.25, -0.2) is 0 Å². The summed E-state index contributed by atoms with van der Waals surface area (Å²) in [7, 11) is 0. The van der Waals surface area contributed by atoms with Crippen molar-refractivity contribution >= 4 is 12.1 Å². The van der Waals surface area contributed by atoms with Crippen LogP contribution in [-0.2, 0) is 9.59 Å². The van der Waals surface area contributed by atoms with Crippen molar-refractivity contribution in [2.45, 2.75) is 52.4 Å². The molecule has 0 fully saturated rings. The second-order valence-corrected chi connectivity index (χ2v) is 3.65. The SMILES string of the molecule is CCCCCC[C@@H](C=O)CC(C)=O. The molecule has 2 heteroatoms. The predicted octanol–water partition coefficient (Wildman–Crippen LogP) is 2.75. The third-order valence-corrected chi connectivity index (χ3v) is 2.17. The van der Waals surface area contributed by atoms with Crippen molar-refractivity contribution in [1.82, 2.24) is 0 Å². The Morgan fingerprint density at radius 2 is 2.00 bits per heavy atom. The number of ketones is 1. The standard InChI is InChI=1S/C11H20O2/c1-3-4-5-6-7-11(9-12)8-10(2)13/h9,11H,3-8H2,1-2H3/t11-/m1/s1. The number of Topliss-reactive ketones (excluding diaryl/α,β-unsaturated/α-hetero) is 1. The zero-order valence-electron chi connectivity index (χ0n) is 8.71. The number of carbonyl (C=O) groups is 2. The summed E-state index contributed by atoms with van der Waals surface area (Å²) >= 11 is 0. The lowest BCUT2D eigenvalue weighted by Crippen LogP contribution is -2.07. The molecule has 0 spiro atoms. The molecule has 0 aliphatic heterocycles. The summed E-state index contributed by atoms with van der Waals surface area (Å²) in [5.74, 6) is 0.0851. The highest BCUT2D eigenvalue weighted by atomic mass is 16.1. The monoisotopic (exact) mass is 184 g/mol. The van der Waals surface area contributed by atoms with Gasteiger partial charge >= 0.3 is 0 Å². The van der Waals surface area contributed by atoms with Gasteiger partial charge in [0.15, 0.2) is 0 Å².